The molecule has 25 heavy (non-hydrogen) atoms. The Kier molecular flexibility index (Phi) is 5.88. The number of nitro benzene ring substituents is 1. The van der Waals surface area contributed by atoms with Gasteiger partial charge in [-0.3, -0.25) is 10.1 Å². The Labute approximate surface area is 151 Å². The SMILES string of the molecule is CCc1nnc(N(C)Cc2cc([N+](=O)[O-])ccc2Cl)c(C#N)c1CC. The summed E-state index contributed by atoms with van der Waals surface area (Å²) in [6, 6.07) is 6.50. The number of hydrogen-bond donors (Lipinski definition) is 0. The van der Waals surface area contributed by atoms with E-state index in [9.17, 15) is 15.4 Å². The van der Waals surface area contributed by atoms with E-state index in [1.165, 1.54) is 18.2 Å². The molecule has 0 saturated carbocycles. The summed E-state index contributed by atoms with van der Waals surface area (Å²) in [5, 5.41) is 29.4. The van der Waals surface area contributed by atoms with Crippen LogP contribution in [0.5, 0.6) is 0 Å². The third kappa shape index (κ3) is 3.86. The maximum absolute atomic E-state index is 11.0. The molecular formula is C17H18ClN5O2. The van der Waals surface area contributed by atoms with Crippen LogP contribution in [0.25, 0.3) is 0 Å². The van der Waals surface area contributed by atoms with Crippen molar-refractivity contribution in [2.45, 2.75) is 33.2 Å². The smallest absolute Gasteiger partial charge is 0.269 e. The summed E-state index contributed by atoms with van der Waals surface area (Å²) in [6.45, 7) is 4.22. The second-order valence-corrected chi connectivity index (χ2v) is 5.94. The molecule has 130 valence electrons. The molecule has 0 radical (unpaired) electrons. The molecule has 0 fully saturated rings. The number of aryl methyl sites for hydroxylation is 1. The van der Waals surface area contributed by atoms with E-state index in [0.717, 1.165) is 11.3 Å². The van der Waals surface area contributed by atoms with Crippen molar-refractivity contribution < 1.29 is 4.92 Å². The molecule has 0 saturated heterocycles. The van der Waals surface area contributed by atoms with Crippen molar-refractivity contribution in [3.05, 3.63) is 55.7 Å². The van der Waals surface area contributed by atoms with Crippen LogP contribution in [0, 0.1) is 21.4 Å². The topological polar surface area (TPSA) is 95.9 Å². The van der Waals surface area contributed by atoms with Crippen molar-refractivity contribution in [3.63, 3.8) is 0 Å². The molecule has 7 nitrogen and oxygen atoms in total. The maximum atomic E-state index is 11.0. The van der Waals surface area contributed by atoms with Crippen LogP contribution in [0.2, 0.25) is 5.02 Å². The van der Waals surface area contributed by atoms with Crippen molar-refractivity contribution in [2.24, 2.45) is 0 Å². The van der Waals surface area contributed by atoms with Gasteiger partial charge >= 0.3 is 0 Å². The normalized spacial score (nSPS) is 10.4. The van der Waals surface area contributed by atoms with E-state index >= 15 is 0 Å². The van der Waals surface area contributed by atoms with E-state index in [4.69, 9.17) is 11.6 Å². The molecule has 1 aromatic carbocycles. The van der Waals surface area contributed by atoms with Crippen molar-refractivity contribution in [1.82, 2.24) is 10.2 Å². The van der Waals surface area contributed by atoms with Gasteiger partial charge in [0.25, 0.3) is 5.69 Å². The maximum Gasteiger partial charge on any atom is 0.269 e. The molecule has 2 rings (SSSR count). The highest BCUT2D eigenvalue weighted by Crippen LogP contribution is 2.27. The number of hydrogen-bond acceptors (Lipinski definition) is 6. The van der Waals surface area contributed by atoms with E-state index in [-0.39, 0.29) is 12.2 Å². The van der Waals surface area contributed by atoms with Gasteiger partial charge in [-0.05, 0) is 30.0 Å². The minimum atomic E-state index is -0.467. The lowest BCUT2D eigenvalue weighted by atomic mass is 10.0. The molecule has 8 heteroatoms. The quantitative estimate of drug-likeness (QED) is 0.576. The molecular weight excluding hydrogens is 342 g/mol. The Morgan fingerprint density at radius 3 is 2.60 bits per heavy atom. The molecule has 0 unspecified atom stereocenters. The largest absolute Gasteiger partial charge is 0.353 e. The summed E-state index contributed by atoms with van der Waals surface area (Å²) in [7, 11) is 1.76. The van der Waals surface area contributed by atoms with E-state index in [0.29, 0.717) is 34.8 Å². The lowest BCUT2D eigenvalue weighted by Crippen LogP contribution is -2.21. The fourth-order valence-corrected chi connectivity index (χ4v) is 2.85. The summed E-state index contributed by atoms with van der Waals surface area (Å²) >= 11 is 6.16. The van der Waals surface area contributed by atoms with E-state index in [1.807, 2.05) is 13.8 Å². The van der Waals surface area contributed by atoms with Crippen LogP contribution in [0.15, 0.2) is 18.2 Å². The average Bonchev–Trinajstić information content (AvgIpc) is 2.61. The van der Waals surface area contributed by atoms with Crippen LogP contribution in [-0.4, -0.2) is 22.2 Å². The number of nitriles is 1. The lowest BCUT2D eigenvalue weighted by Gasteiger charge is -2.21. The van der Waals surface area contributed by atoms with Crippen molar-refractivity contribution in [1.29, 1.82) is 5.26 Å². The molecule has 1 heterocycles. The van der Waals surface area contributed by atoms with Gasteiger partial charge in [0.05, 0.1) is 10.6 Å². The molecule has 0 N–H and O–H groups in total. The number of halogens is 1. The van der Waals surface area contributed by atoms with Gasteiger partial charge in [0.15, 0.2) is 5.82 Å². The Hall–Kier alpha value is -2.72. The second-order valence-electron chi connectivity index (χ2n) is 5.53. The highest BCUT2D eigenvalue weighted by molar-refractivity contribution is 6.31. The van der Waals surface area contributed by atoms with Crippen molar-refractivity contribution >= 4 is 23.1 Å². The number of non-ortho nitro benzene ring substituents is 1. The van der Waals surface area contributed by atoms with Crippen molar-refractivity contribution in [3.8, 4) is 6.07 Å². The third-order valence-electron chi connectivity index (χ3n) is 3.95. The molecule has 0 aliphatic rings. The fourth-order valence-electron chi connectivity index (χ4n) is 2.67. The summed E-state index contributed by atoms with van der Waals surface area (Å²) in [6.07, 6.45) is 1.38. The predicted molar refractivity (Wildman–Crippen MR) is 95.7 cm³/mol. The summed E-state index contributed by atoms with van der Waals surface area (Å²) < 4.78 is 0. The molecule has 0 atom stereocenters. The van der Waals surface area contributed by atoms with Crippen LogP contribution in [-0.2, 0) is 19.4 Å². The first-order valence-corrected chi connectivity index (χ1v) is 8.23. The number of rotatable bonds is 6. The molecule has 0 aliphatic carbocycles. The van der Waals surface area contributed by atoms with Gasteiger partial charge in [-0.1, -0.05) is 25.4 Å². The third-order valence-corrected chi connectivity index (χ3v) is 4.32. The minimum absolute atomic E-state index is 0.0324. The van der Waals surface area contributed by atoms with E-state index in [1.54, 1.807) is 11.9 Å². The Bertz CT molecular complexity index is 848. The van der Waals surface area contributed by atoms with Gasteiger partial charge in [-0.25, -0.2) is 0 Å². The molecule has 0 aliphatic heterocycles. The number of aromatic nitrogens is 2. The summed E-state index contributed by atoms with van der Waals surface area (Å²) in [5.41, 5.74) is 2.73. The number of anilines is 1. The summed E-state index contributed by atoms with van der Waals surface area (Å²) in [4.78, 5) is 12.2. The highest BCUT2D eigenvalue weighted by atomic mass is 35.5. The lowest BCUT2D eigenvalue weighted by molar-refractivity contribution is -0.384. The number of benzene rings is 1. The predicted octanol–water partition coefficient (Wildman–Crippen LogP) is 3.67. The van der Waals surface area contributed by atoms with Crippen molar-refractivity contribution in [2.75, 3.05) is 11.9 Å². The van der Waals surface area contributed by atoms with Gasteiger partial charge in [0.2, 0.25) is 0 Å². The first-order chi connectivity index (χ1) is 11.9. The Morgan fingerprint density at radius 1 is 1.32 bits per heavy atom. The first kappa shape index (κ1) is 18.6. The first-order valence-electron chi connectivity index (χ1n) is 7.85. The highest BCUT2D eigenvalue weighted by Gasteiger charge is 2.19. The fraction of sp³-hybridized carbons (Fsp3) is 0.353. The average molecular weight is 360 g/mol. The van der Waals surface area contributed by atoms with Crippen LogP contribution >= 0.6 is 11.6 Å². The van der Waals surface area contributed by atoms with Gasteiger partial charge in [0, 0.05) is 30.7 Å². The zero-order valence-electron chi connectivity index (χ0n) is 14.3. The Morgan fingerprint density at radius 2 is 2.04 bits per heavy atom. The molecule has 0 spiro atoms. The van der Waals surface area contributed by atoms with E-state index in [2.05, 4.69) is 16.3 Å². The van der Waals surface area contributed by atoms with Crippen LogP contribution in [0.3, 0.4) is 0 Å². The van der Waals surface area contributed by atoms with Gasteiger partial charge in [0.1, 0.15) is 11.6 Å². The van der Waals surface area contributed by atoms with Gasteiger partial charge in [-0.15, -0.1) is 5.10 Å². The molecule has 2 aromatic rings. The monoisotopic (exact) mass is 359 g/mol. The number of nitrogens with zero attached hydrogens (tertiary/aromatic N) is 5. The zero-order valence-corrected chi connectivity index (χ0v) is 15.0. The van der Waals surface area contributed by atoms with Crippen LogP contribution in [0.4, 0.5) is 11.5 Å². The van der Waals surface area contributed by atoms with Crippen LogP contribution < -0.4 is 4.90 Å². The van der Waals surface area contributed by atoms with Gasteiger partial charge < -0.3 is 4.90 Å². The number of nitro groups is 1. The minimum Gasteiger partial charge on any atom is -0.353 e. The molecule has 1 aromatic heterocycles. The standard InChI is InChI=1S/C17H18ClN5O2/c1-4-13-14(9-19)17(21-20-16(13)5-2)22(3)10-11-8-12(23(24)25)6-7-15(11)18/h6-8H,4-5,10H2,1-3H3. The second kappa shape index (κ2) is 7.90. The van der Waals surface area contributed by atoms with Gasteiger partial charge in [-0.2, -0.15) is 10.4 Å². The summed E-state index contributed by atoms with van der Waals surface area (Å²) in [5.74, 6) is 0.444. The van der Waals surface area contributed by atoms with E-state index < -0.39 is 4.92 Å². The molecule has 0 bridgehead atoms. The molecule has 0 amide bonds. The zero-order chi connectivity index (χ0) is 18.6. The Balaban J connectivity index is 2.42. The van der Waals surface area contributed by atoms with Crippen LogP contribution in [0.1, 0.15) is 36.2 Å².